The minimum Gasteiger partial charge on any atom is -0.756 e. The Morgan fingerprint density at radius 1 is 0.470 bits per heavy atom. The van der Waals surface area contributed by atoms with E-state index in [2.05, 4.69) is 38.2 Å². The topological polar surface area (TPSA) is 111 Å². The number of carbonyl (C=O) groups excluding carboxylic acids is 2. The molecule has 9 nitrogen and oxygen atoms in total. The third-order valence-electron chi connectivity index (χ3n) is 12.5. The molecule has 66 heavy (non-hydrogen) atoms. The van der Waals surface area contributed by atoms with Crippen molar-refractivity contribution in [2.75, 3.05) is 47.5 Å². The van der Waals surface area contributed by atoms with Crippen molar-refractivity contribution >= 4 is 19.8 Å². The van der Waals surface area contributed by atoms with Crippen molar-refractivity contribution in [3.63, 3.8) is 0 Å². The van der Waals surface area contributed by atoms with Crippen LogP contribution in [0.3, 0.4) is 0 Å². The lowest BCUT2D eigenvalue weighted by atomic mass is 10.0. The van der Waals surface area contributed by atoms with Gasteiger partial charge in [-0.15, -0.1) is 0 Å². The van der Waals surface area contributed by atoms with Gasteiger partial charge in [0.05, 0.1) is 27.7 Å². The summed E-state index contributed by atoms with van der Waals surface area (Å²) in [4.78, 5) is 37.8. The number of rotatable bonds is 52. The summed E-state index contributed by atoms with van der Waals surface area (Å²) in [6, 6.07) is 0. The summed E-state index contributed by atoms with van der Waals surface area (Å²) in [6.45, 7) is 4.25. The van der Waals surface area contributed by atoms with Crippen LogP contribution in [0.2, 0.25) is 0 Å². The SMILES string of the molecule is CCCCC/C=C\C/C=C\CCCCCCCCCC(=O)OC(COC(=O)CCCCCCCCCCCCCCCCCCCCCCCCCCC)COP(=O)([O-])OCC[N+](C)(C)C. The van der Waals surface area contributed by atoms with Crippen molar-refractivity contribution < 1.29 is 42.1 Å². The highest BCUT2D eigenvalue weighted by atomic mass is 31.2. The Morgan fingerprint density at radius 2 is 0.818 bits per heavy atom. The van der Waals surface area contributed by atoms with Crippen molar-refractivity contribution in [3.05, 3.63) is 24.3 Å². The average Bonchev–Trinajstić information content (AvgIpc) is 3.27. The number of hydrogen-bond acceptors (Lipinski definition) is 8. The van der Waals surface area contributed by atoms with Gasteiger partial charge in [-0.05, 0) is 44.9 Å². The van der Waals surface area contributed by atoms with Gasteiger partial charge in [0.1, 0.15) is 19.8 Å². The molecule has 0 saturated carbocycles. The first-order valence-electron chi connectivity index (χ1n) is 28.0. The van der Waals surface area contributed by atoms with Crippen LogP contribution in [0, 0.1) is 0 Å². The van der Waals surface area contributed by atoms with Crippen molar-refractivity contribution in [1.82, 2.24) is 0 Å². The van der Waals surface area contributed by atoms with E-state index >= 15 is 0 Å². The number of esters is 2. The van der Waals surface area contributed by atoms with Gasteiger partial charge in [0.15, 0.2) is 6.10 Å². The Morgan fingerprint density at radius 3 is 1.23 bits per heavy atom. The average molecular weight is 954 g/mol. The predicted molar refractivity (Wildman–Crippen MR) is 278 cm³/mol. The molecule has 390 valence electrons. The van der Waals surface area contributed by atoms with Gasteiger partial charge in [0, 0.05) is 12.8 Å². The molecule has 0 aromatic rings. The molecule has 0 radical (unpaired) electrons. The summed E-state index contributed by atoms with van der Waals surface area (Å²) >= 11 is 0. The Bertz CT molecular complexity index is 1170. The number of hydrogen-bond donors (Lipinski definition) is 0. The normalized spacial score (nSPS) is 13.5. The van der Waals surface area contributed by atoms with Crippen molar-refractivity contribution in [1.29, 1.82) is 0 Å². The monoisotopic (exact) mass is 954 g/mol. The molecule has 10 heteroatoms. The molecule has 0 N–H and O–H groups in total. The third-order valence-corrected chi connectivity index (χ3v) is 13.4. The van der Waals surface area contributed by atoms with E-state index in [0.29, 0.717) is 17.4 Å². The first-order valence-corrected chi connectivity index (χ1v) is 29.5. The number of unbranched alkanes of at least 4 members (excludes halogenated alkanes) is 34. The summed E-state index contributed by atoms with van der Waals surface area (Å²) in [5, 5.41) is 0. The fraction of sp³-hybridized carbons (Fsp3) is 0.893. The third kappa shape index (κ3) is 51.9. The molecule has 0 aliphatic carbocycles. The highest BCUT2D eigenvalue weighted by Crippen LogP contribution is 2.38. The first-order chi connectivity index (χ1) is 32.0. The molecule has 0 amide bonds. The van der Waals surface area contributed by atoms with E-state index in [9.17, 15) is 19.0 Å². The van der Waals surface area contributed by atoms with Crippen molar-refractivity contribution in [2.45, 2.75) is 277 Å². The van der Waals surface area contributed by atoms with Crippen LogP contribution in [0.1, 0.15) is 271 Å². The molecule has 0 bridgehead atoms. The molecule has 0 rings (SSSR count). The lowest BCUT2D eigenvalue weighted by molar-refractivity contribution is -0.870. The summed E-state index contributed by atoms with van der Waals surface area (Å²) in [5.74, 6) is -0.829. The molecule has 0 heterocycles. The lowest BCUT2D eigenvalue weighted by Gasteiger charge is -2.28. The van der Waals surface area contributed by atoms with Gasteiger partial charge in [0.25, 0.3) is 7.82 Å². The summed E-state index contributed by atoms with van der Waals surface area (Å²) in [6.07, 6.45) is 56.5. The molecule has 0 spiro atoms. The second-order valence-electron chi connectivity index (χ2n) is 20.3. The number of nitrogens with zero attached hydrogens (tertiary/aromatic N) is 1. The summed E-state index contributed by atoms with van der Waals surface area (Å²) in [7, 11) is 1.17. The van der Waals surface area contributed by atoms with Crippen LogP contribution in [-0.2, 0) is 32.7 Å². The smallest absolute Gasteiger partial charge is 0.306 e. The second kappa shape index (κ2) is 48.5. The predicted octanol–water partition coefficient (Wildman–Crippen LogP) is 16.4. The zero-order valence-electron chi connectivity index (χ0n) is 44.2. The van der Waals surface area contributed by atoms with E-state index in [1.807, 2.05) is 21.1 Å². The number of ether oxygens (including phenoxy) is 2. The molecule has 0 fully saturated rings. The minimum atomic E-state index is -4.63. The van der Waals surface area contributed by atoms with Crippen LogP contribution in [0.25, 0.3) is 0 Å². The fourth-order valence-corrected chi connectivity index (χ4v) is 8.83. The van der Waals surface area contributed by atoms with E-state index < -0.39 is 26.5 Å². The second-order valence-corrected chi connectivity index (χ2v) is 21.7. The van der Waals surface area contributed by atoms with Crippen molar-refractivity contribution in [3.8, 4) is 0 Å². The van der Waals surface area contributed by atoms with E-state index in [1.165, 1.54) is 186 Å². The van der Waals surface area contributed by atoms with Gasteiger partial charge in [-0.2, -0.15) is 0 Å². The maximum Gasteiger partial charge on any atom is 0.306 e. The van der Waals surface area contributed by atoms with Gasteiger partial charge >= 0.3 is 11.9 Å². The van der Waals surface area contributed by atoms with E-state index in [-0.39, 0.29) is 32.0 Å². The van der Waals surface area contributed by atoms with Crippen LogP contribution in [0.5, 0.6) is 0 Å². The number of quaternary nitrogens is 1. The zero-order valence-corrected chi connectivity index (χ0v) is 45.1. The fourth-order valence-electron chi connectivity index (χ4n) is 8.10. The standard InChI is InChI=1S/C56H108NO8P/c1-6-8-10-12-14-16-18-20-22-24-25-26-27-28-29-30-31-33-34-36-38-40-42-44-46-48-55(58)62-52-54(53-64-66(60,61)63-51-50-57(3,4)5)65-56(59)49-47-45-43-41-39-37-35-32-23-21-19-17-15-13-11-9-7-2/h15,17,21,23,54H,6-14,16,18-20,22,24-53H2,1-5H3/b17-15-,23-21-. The Kier molecular flexibility index (Phi) is 47.4. The molecule has 0 saturated heterocycles. The maximum absolute atomic E-state index is 12.8. The number of carbonyl (C=O) groups is 2. The van der Waals surface area contributed by atoms with Crippen molar-refractivity contribution in [2.24, 2.45) is 0 Å². The van der Waals surface area contributed by atoms with Gasteiger partial charge in [-0.25, -0.2) is 0 Å². The summed E-state index contributed by atoms with van der Waals surface area (Å²) in [5.41, 5.74) is 0. The summed E-state index contributed by atoms with van der Waals surface area (Å²) < 4.78 is 34.1. The lowest BCUT2D eigenvalue weighted by Crippen LogP contribution is -2.37. The van der Waals surface area contributed by atoms with Crippen LogP contribution >= 0.6 is 7.82 Å². The van der Waals surface area contributed by atoms with Crippen LogP contribution in [0.4, 0.5) is 0 Å². The van der Waals surface area contributed by atoms with Gasteiger partial charge in [-0.3, -0.25) is 14.2 Å². The zero-order chi connectivity index (χ0) is 48.5. The molecular formula is C56H108NO8P. The molecular weight excluding hydrogens is 846 g/mol. The van der Waals surface area contributed by atoms with E-state index in [4.69, 9.17) is 18.5 Å². The Labute approximate surface area is 409 Å². The quantitative estimate of drug-likeness (QED) is 0.0195. The van der Waals surface area contributed by atoms with Crippen LogP contribution in [-0.4, -0.2) is 70.0 Å². The minimum absolute atomic E-state index is 0.0303. The van der Waals surface area contributed by atoms with E-state index in [0.717, 1.165) is 51.4 Å². The number of allylic oxidation sites excluding steroid dienone is 4. The first kappa shape index (κ1) is 64.5. The molecule has 0 aliphatic heterocycles. The highest BCUT2D eigenvalue weighted by Gasteiger charge is 2.22. The molecule has 2 unspecified atom stereocenters. The van der Waals surface area contributed by atoms with Gasteiger partial charge in [-0.1, -0.05) is 237 Å². The largest absolute Gasteiger partial charge is 0.756 e. The molecule has 0 aliphatic rings. The van der Waals surface area contributed by atoms with Gasteiger partial charge in [0.2, 0.25) is 0 Å². The number of phosphoric ester groups is 1. The Hall–Kier alpha value is -1.51. The van der Waals surface area contributed by atoms with Crippen LogP contribution in [0.15, 0.2) is 24.3 Å². The molecule has 2 atom stereocenters. The Balaban J connectivity index is 4.12. The number of likely N-dealkylation sites (N-methyl/N-ethyl adjacent to an activating group) is 1. The van der Waals surface area contributed by atoms with Crippen LogP contribution < -0.4 is 4.89 Å². The molecule has 0 aromatic carbocycles. The van der Waals surface area contributed by atoms with Gasteiger partial charge < -0.3 is 27.9 Å². The van der Waals surface area contributed by atoms with E-state index in [1.54, 1.807) is 0 Å². The molecule has 0 aromatic heterocycles. The highest BCUT2D eigenvalue weighted by molar-refractivity contribution is 7.45. The number of phosphoric acid groups is 1. The maximum atomic E-state index is 12.8.